The van der Waals surface area contributed by atoms with Crippen LogP contribution >= 0.6 is 34.9 Å². The van der Waals surface area contributed by atoms with Gasteiger partial charge in [-0.1, -0.05) is 16.9 Å². The maximum Gasteiger partial charge on any atom is 0.407 e. The van der Waals surface area contributed by atoms with Crippen LogP contribution in [0.1, 0.15) is 5.69 Å². The zero-order chi connectivity index (χ0) is 26.7. The van der Waals surface area contributed by atoms with Gasteiger partial charge in [-0.05, 0) is 10.4 Å². The van der Waals surface area contributed by atoms with Crippen molar-refractivity contribution < 1.29 is 38.2 Å². The summed E-state index contributed by atoms with van der Waals surface area (Å²) in [4.78, 5) is 46.9. The number of carbonyl (C=O) groups excluding carboxylic acids is 2. The minimum Gasteiger partial charge on any atom is -0.481 e. The van der Waals surface area contributed by atoms with E-state index in [-0.39, 0.29) is 42.0 Å². The molecule has 37 heavy (non-hydrogen) atoms. The first-order chi connectivity index (χ1) is 17.6. The second-order valence-electron chi connectivity index (χ2n) is 7.78. The van der Waals surface area contributed by atoms with Gasteiger partial charge in [0.05, 0.1) is 13.2 Å². The second kappa shape index (κ2) is 11.1. The molecule has 0 bridgehead atoms. The molecule has 0 saturated carbocycles. The van der Waals surface area contributed by atoms with Gasteiger partial charge in [0, 0.05) is 23.4 Å². The molecule has 15 nitrogen and oxygen atoms in total. The highest BCUT2D eigenvalue weighted by Crippen LogP contribution is 2.44. The fourth-order valence-electron chi connectivity index (χ4n) is 3.55. The van der Waals surface area contributed by atoms with Crippen molar-refractivity contribution in [1.82, 2.24) is 35.4 Å². The van der Waals surface area contributed by atoms with Crippen molar-refractivity contribution in [2.24, 2.45) is 10.6 Å². The molecule has 0 spiro atoms. The number of fused-ring (bicyclic) bond motifs is 1. The van der Waals surface area contributed by atoms with E-state index in [1.807, 2.05) is 0 Å². The lowest BCUT2D eigenvalue weighted by atomic mass is 9.89. The lowest BCUT2D eigenvalue weighted by molar-refractivity contribution is -0.157. The second-order valence-corrected chi connectivity index (χ2v) is 10.7. The Bertz CT molecular complexity index is 1210. The number of amides is 2. The number of nitrogens with zero attached hydrogens (tertiary/aromatic N) is 7. The molecule has 4 rings (SSSR count). The summed E-state index contributed by atoms with van der Waals surface area (Å²) in [6.07, 6.45) is 0. The van der Waals surface area contributed by atoms with E-state index in [0.29, 0.717) is 5.16 Å². The first-order valence-electron chi connectivity index (χ1n) is 10.3. The number of hydrogen-bond acceptors (Lipinski definition) is 14. The van der Waals surface area contributed by atoms with E-state index in [9.17, 15) is 28.3 Å². The van der Waals surface area contributed by atoms with Gasteiger partial charge in [0.2, 0.25) is 11.1 Å². The molecular formula is C17H19F2N9O6S3. The van der Waals surface area contributed by atoms with Gasteiger partial charge in [-0.25, -0.2) is 9.67 Å². The summed E-state index contributed by atoms with van der Waals surface area (Å²) in [6.45, 7) is -3.48. The van der Waals surface area contributed by atoms with Crippen LogP contribution in [0.15, 0.2) is 15.7 Å². The molecule has 0 radical (unpaired) electrons. The number of halogens is 2. The number of thiazole rings is 1. The third-order valence-corrected chi connectivity index (χ3v) is 8.89. The van der Waals surface area contributed by atoms with Crippen molar-refractivity contribution in [3.05, 3.63) is 11.1 Å². The number of aliphatic carboxylic acids is 1. The summed E-state index contributed by atoms with van der Waals surface area (Å²) in [5, 5.41) is 36.9. The van der Waals surface area contributed by atoms with E-state index in [4.69, 9.17) is 10.8 Å². The van der Waals surface area contributed by atoms with E-state index in [1.54, 1.807) is 0 Å². The van der Waals surface area contributed by atoms with E-state index in [1.165, 1.54) is 15.0 Å². The number of nitrogens with two attached hydrogens (primary N) is 1. The number of oxime groups is 1. The number of thioether (sulfide) groups is 2. The third kappa shape index (κ3) is 5.60. The molecule has 200 valence electrons. The molecule has 2 aliphatic rings. The Morgan fingerprint density at radius 3 is 2.89 bits per heavy atom. The highest BCUT2D eigenvalue weighted by molar-refractivity contribution is 8.00. The van der Waals surface area contributed by atoms with E-state index < -0.39 is 46.9 Å². The van der Waals surface area contributed by atoms with Gasteiger partial charge in [0.25, 0.3) is 5.91 Å². The van der Waals surface area contributed by atoms with Gasteiger partial charge in [0.15, 0.2) is 10.8 Å². The largest absolute Gasteiger partial charge is 0.481 e. The van der Waals surface area contributed by atoms with Crippen LogP contribution in [0.25, 0.3) is 0 Å². The number of carboxylic acid groups (broad SMARTS) is 1. The monoisotopic (exact) mass is 579 g/mol. The van der Waals surface area contributed by atoms with Crippen LogP contribution in [-0.2, 0) is 25.8 Å². The number of aliphatic hydroxyl groups is 1. The smallest absolute Gasteiger partial charge is 0.407 e. The Morgan fingerprint density at radius 2 is 2.24 bits per heavy atom. The zero-order valence-electron chi connectivity index (χ0n) is 18.6. The number of hydrogen-bond donors (Lipinski definition) is 4. The summed E-state index contributed by atoms with van der Waals surface area (Å²) < 4.78 is 26.4. The van der Waals surface area contributed by atoms with Crippen molar-refractivity contribution in [3.63, 3.8) is 0 Å². The van der Waals surface area contributed by atoms with Gasteiger partial charge in [0.1, 0.15) is 22.5 Å². The molecule has 2 amide bonds. The van der Waals surface area contributed by atoms with Crippen LogP contribution in [0.3, 0.4) is 0 Å². The van der Waals surface area contributed by atoms with Crippen molar-refractivity contribution in [3.8, 4) is 0 Å². The maximum absolute atomic E-state index is 12.9. The van der Waals surface area contributed by atoms with Crippen LogP contribution in [-0.4, -0.2) is 106 Å². The van der Waals surface area contributed by atoms with Crippen LogP contribution in [0.2, 0.25) is 0 Å². The van der Waals surface area contributed by atoms with Crippen molar-refractivity contribution in [2.45, 2.75) is 29.7 Å². The van der Waals surface area contributed by atoms with Gasteiger partial charge in [-0.3, -0.25) is 14.4 Å². The fraction of sp³-hybridized carbons (Fsp3) is 0.529. The van der Waals surface area contributed by atoms with E-state index >= 15 is 0 Å². The zero-order valence-corrected chi connectivity index (χ0v) is 21.0. The van der Waals surface area contributed by atoms with Crippen LogP contribution < -0.4 is 11.1 Å². The van der Waals surface area contributed by atoms with E-state index in [2.05, 4.69) is 35.8 Å². The van der Waals surface area contributed by atoms with Crippen LogP contribution in [0, 0.1) is 5.41 Å². The fourth-order valence-corrected chi connectivity index (χ4v) is 6.86. The number of anilines is 1. The quantitative estimate of drug-likeness (QED) is 0.108. The molecule has 0 aromatic carbocycles. The first kappa shape index (κ1) is 26.9. The molecule has 2 aromatic rings. The predicted molar refractivity (Wildman–Crippen MR) is 126 cm³/mol. The molecule has 5 N–H and O–H groups in total. The first-order valence-corrected chi connectivity index (χ1v) is 13.3. The Balaban J connectivity index is 1.43. The standard InChI is InChI=1S/C17H19F2N9O6S3/c18-14(19)34-24-8(7-3-35-15(20)21-7)10(30)22-9-11(31)27-4-17(13(32)33,5-36-12(9)27)6-37-16-23-25-26-28(16)1-2-29/h3,9,12,14,29H,1-2,4-6H2,(H2,20,21)(H,22,30)(H,32,33)/t9?,12-,17?/m1/s1. The molecule has 2 fully saturated rings. The van der Waals surface area contributed by atoms with Crippen LogP contribution in [0.5, 0.6) is 0 Å². The lowest BCUT2D eigenvalue weighted by Gasteiger charge is -2.53. The summed E-state index contributed by atoms with van der Waals surface area (Å²) in [6, 6.07) is -1.04. The SMILES string of the molecule is Nc1nc(C(=NOC(F)F)C(=O)NC2C(=O)N3CC(CSc4nnnn4CCO)(C(=O)O)CS[C@H]23)cs1. The molecule has 0 aliphatic carbocycles. The number of carboxylic acids is 1. The number of aliphatic hydroxyl groups excluding tert-OH is 1. The van der Waals surface area contributed by atoms with Gasteiger partial charge < -0.3 is 31.0 Å². The number of carbonyl (C=O) groups is 3. The molecule has 2 aliphatic heterocycles. The topological polar surface area (TPSA) is 211 Å². The van der Waals surface area contributed by atoms with Gasteiger partial charge in [-0.2, -0.15) is 8.78 Å². The Labute approximate surface area is 218 Å². The summed E-state index contributed by atoms with van der Waals surface area (Å²) in [5.41, 5.74) is 3.52. The molecule has 2 saturated heterocycles. The molecule has 3 atom stereocenters. The van der Waals surface area contributed by atoms with Crippen molar-refractivity contribution in [1.29, 1.82) is 0 Å². The minimum absolute atomic E-state index is 0.0433. The summed E-state index contributed by atoms with van der Waals surface area (Å²) in [5.74, 6) is -2.49. The van der Waals surface area contributed by atoms with E-state index in [0.717, 1.165) is 34.9 Å². The molecule has 2 unspecified atom stereocenters. The average molecular weight is 580 g/mol. The molecule has 4 heterocycles. The minimum atomic E-state index is -3.29. The van der Waals surface area contributed by atoms with Crippen molar-refractivity contribution in [2.75, 3.05) is 30.4 Å². The number of tetrazole rings is 1. The highest BCUT2D eigenvalue weighted by atomic mass is 32.2. The molecular weight excluding hydrogens is 560 g/mol. The number of nitrogens with one attached hydrogen (secondary N) is 1. The Morgan fingerprint density at radius 1 is 1.46 bits per heavy atom. The average Bonchev–Trinajstić information content (AvgIpc) is 3.49. The number of β-lactam (4-membered cyclic amide) rings is 1. The predicted octanol–water partition coefficient (Wildman–Crippen LogP) is -1.09. The van der Waals surface area contributed by atoms with Crippen LogP contribution in [0.4, 0.5) is 13.9 Å². The maximum atomic E-state index is 12.9. The normalized spacial score (nSPS) is 23.5. The number of aromatic nitrogens is 5. The lowest BCUT2D eigenvalue weighted by Crippen LogP contribution is -2.74. The molecule has 2 aromatic heterocycles. The third-order valence-electron chi connectivity index (χ3n) is 5.38. The van der Waals surface area contributed by atoms with Gasteiger partial charge >= 0.3 is 12.6 Å². The number of alkyl halides is 2. The Hall–Kier alpha value is -3.10. The highest BCUT2D eigenvalue weighted by Gasteiger charge is 2.57. The summed E-state index contributed by atoms with van der Waals surface area (Å²) >= 11 is 3.19. The number of rotatable bonds is 11. The summed E-state index contributed by atoms with van der Waals surface area (Å²) in [7, 11) is 0. The molecule has 20 heteroatoms. The Kier molecular flexibility index (Phi) is 8.09. The van der Waals surface area contributed by atoms with Crippen molar-refractivity contribution >= 4 is 63.5 Å². The number of nitrogen functional groups attached to an aromatic ring is 1. The van der Waals surface area contributed by atoms with Gasteiger partial charge in [-0.15, -0.1) is 28.2 Å².